The van der Waals surface area contributed by atoms with Crippen molar-refractivity contribution < 1.29 is 9.59 Å². The number of aromatic nitrogens is 1. The molecule has 1 atom stereocenters. The van der Waals surface area contributed by atoms with Gasteiger partial charge in [0.15, 0.2) is 0 Å². The van der Waals surface area contributed by atoms with Crippen molar-refractivity contribution in [3.05, 3.63) is 29.3 Å². The Morgan fingerprint density at radius 2 is 1.92 bits per heavy atom. The van der Waals surface area contributed by atoms with Crippen molar-refractivity contribution in [2.24, 2.45) is 11.7 Å². The minimum absolute atomic E-state index is 0.0821. The number of primary amides is 1. The first-order chi connectivity index (χ1) is 12.6. The Hall–Kier alpha value is -1.99. The van der Waals surface area contributed by atoms with Crippen molar-refractivity contribution in [3.8, 4) is 0 Å². The van der Waals surface area contributed by atoms with E-state index >= 15 is 0 Å². The predicted molar refractivity (Wildman–Crippen MR) is 102 cm³/mol. The molecule has 2 aliphatic rings. The van der Waals surface area contributed by atoms with Gasteiger partial charge in [-0.2, -0.15) is 0 Å². The minimum atomic E-state index is -0.243. The first kappa shape index (κ1) is 17.4. The number of amides is 2. The van der Waals surface area contributed by atoms with Crippen molar-refractivity contribution in [3.63, 3.8) is 0 Å². The number of rotatable bonds is 4. The van der Waals surface area contributed by atoms with Gasteiger partial charge < -0.3 is 10.6 Å². The van der Waals surface area contributed by atoms with Crippen LogP contribution in [-0.4, -0.2) is 52.8 Å². The molecule has 1 unspecified atom stereocenters. The lowest BCUT2D eigenvalue weighted by molar-refractivity contribution is -0.136. The summed E-state index contributed by atoms with van der Waals surface area (Å²) in [5.74, 6) is -0.171. The molecule has 0 bridgehead atoms. The number of benzene rings is 1. The molecule has 2 aromatic rings. The van der Waals surface area contributed by atoms with Crippen molar-refractivity contribution in [2.45, 2.75) is 31.7 Å². The Bertz CT molecular complexity index is 780. The van der Waals surface area contributed by atoms with Crippen LogP contribution in [-0.2, 0) is 9.59 Å². The van der Waals surface area contributed by atoms with Gasteiger partial charge in [0.05, 0.1) is 22.8 Å². The van der Waals surface area contributed by atoms with Crippen LogP contribution in [0, 0.1) is 5.92 Å². The molecule has 0 saturated carbocycles. The summed E-state index contributed by atoms with van der Waals surface area (Å²) in [7, 11) is 0. The fourth-order valence-corrected chi connectivity index (χ4v) is 5.15. The number of hydrogen-bond acceptors (Lipinski definition) is 5. The van der Waals surface area contributed by atoms with E-state index in [1.165, 1.54) is 4.70 Å². The number of likely N-dealkylation sites (tertiary alicyclic amines) is 2. The van der Waals surface area contributed by atoms with Crippen LogP contribution in [0.2, 0.25) is 0 Å². The molecule has 2 saturated heterocycles. The average molecular weight is 372 g/mol. The van der Waals surface area contributed by atoms with Crippen LogP contribution in [0.5, 0.6) is 0 Å². The molecule has 0 radical (unpaired) electrons. The van der Waals surface area contributed by atoms with Gasteiger partial charge in [-0.15, -0.1) is 11.3 Å². The molecule has 2 fully saturated rings. The lowest BCUT2D eigenvalue weighted by Crippen LogP contribution is -2.45. The molecule has 0 spiro atoms. The molecule has 7 heteroatoms. The van der Waals surface area contributed by atoms with Gasteiger partial charge in [0.1, 0.15) is 5.01 Å². The van der Waals surface area contributed by atoms with Gasteiger partial charge in [0.2, 0.25) is 11.8 Å². The summed E-state index contributed by atoms with van der Waals surface area (Å²) in [6.45, 7) is 2.63. The number of nitrogens with zero attached hydrogens (tertiary/aromatic N) is 3. The Morgan fingerprint density at radius 3 is 2.65 bits per heavy atom. The molecule has 1 aromatic carbocycles. The van der Waals surface area contributed by atoms with E-state index in [9.17, 15) is 9.59 Å². The van der Waals surface area contributed by atoms with E-state index in [0.29, 0.717) is 32.5 Å². The van der Waals surface area contributed by atoms with E-state index < -0.39 is 0 Å². The Labute approximate surface area is 157 Å². The Morgan fingerprint density at radius 1 is 1.15 bits per heavy atom. The summed E-state index contributed by atoms with van der Waals surface area (Å²) >= 11 is 1.74. The monoisotopic (exact) mass is 372 g/mol. The van der Waals surface area contributed by atoms with E-state index in [4.69, 9.17) is 10.7 Å². The third kappa shape index (κ3) is 3.46. The average Bonchev–Trinajstić information content (AvgIpc) is 3.27. The zero-order chi connectivity index (χ0) is 18.1. The molecule has 0 aliphatic carbocycles. The number of carbonyl (C=O) groups excluding carboxylic acids is 2. The second-order valence-corrected chi connectivity index (χ2v) is 8.27. The van der Waals surface area contributed by atoms with E-state index in [1.807, 2.05) is 23.1 Å². The normalized spacial score (nSPS) is 22.2. The van der Waals surface area contributed by atoms with E-state index in [1.54, 1.807) is 11.3 Å². The second kappa shape index (κ2) is 7.32. The Balaban J connectivity index is 1.41. The van der Waals surface area contributed by atoms with E-state index in [0.717, 1.165) is 29.9 Å². The highest BCUT2D eigenvalue weighted by atomic mass is 32.1. The maximum Gasteiger partial charge on any atom is 0.236 e. The largest absolute Gasteiger partial charge is 0.369 e. The number of para-hydroxylation sites is 1. The summed E-state index contributed by atoms with van der Waals surface area (Å²) in [6.07, 6.45) is 3.51. The summed E-state index contributed by atoms with van der Waals surface area (Å²) in [6, 6.07) is 8.43. The molecule has 3 heterocycles. The zero-order valence-electron chi connectivity index (χ0n) is 14.8. The smallest absolute Gasteiger partial charge is 0.236 e. The van der Waals surface area contributed by atoms with Crippen molar-refractivity contribution >= 4 is 33.4 Å². The van der Waals surface area contributed by atoms with Crippen LogP contribution in [0.3, 0.4) is 0 Å². The number of fused-ring (bicyclic) bond motifs is 1. The van der Waals surface area contributed by atoms with Gasteiger partial charge in [-0.05, 0) is 44.4 Å². The molecule has 138 valence electrons. The van der Waals surface area contributed by atoms with Crippen LogP contribution >= 0.6 is 11.3 Å². The molecule has 26 heavy (non-hydrogen) atoms. The maximum absolute atomic E-state index is 12.7. The number of hydrogen-bond donors (Lipinski definition) is 1. The summed E-state index contributed by atoms with van der Waals surface area (Å²) in [4.78, 5) is 33.0. The molecule has 4 rings (SSSR count). The highest BCUT2D eigenvalue weighted by Gasteiger charge is 2.32. The number of thiazole rings is 1. The third-order valence-electron chi connectivity index (χ3n) is 5.55. The van der Waals surface area contributed by atoms with Crippen molar-refractivity contribution in [2.75, 3.05) is 26.2 Å². The summed E-state index contributed by atoms with van der Waals surface area (Å²) in [5, 5.41) is 1.11. The SMILES string of the molecule is NC(=O)C1CCN(C(=O)CN2CCCC2c2nc3ccccc3s2)CC1. The molecule has 1 aromatic heterocycles. The standard InChI is InChI=1S/C19H24N4O2S/c20-18(25)13-7-10-22(11-8-13)17(24)12-23-9-3-5-15(23)19-21-14-4-1-2-6-16(14)26-19/h1-2,4,6,13,15H,3,5,7-12H2,(H2,20,25). The molecular weight excluding hydrogens is 348 g/mol. The van der Waals surface area contributed by atoms with Crippen LogP contribution in [0.15, 0.2) is 24.3 Å². The van der Waals surface area contributed by atoms with Gasteiger partial charge in [-0.25, -0.2) is 4.98 Å². The third-order valence-corrected chi connectivity index (χ3v) is 6.69. The summed E-state index contributed by atoms with van der Waals surface area (Å²) < 4.78 is 1.20. The number of piperidine rings is 1. The lowest BCUT2D eigenvalue weighted by atomic mass is 9.96. The highest BCUT2D eigenvalue weighted by Crippen LogP contribution is 2.36. The van der Waals surface area contributed by atoms with Crippen molar-refractivity contribution in [1.82, 2.24) is 14.8 Å². The van der Waals surface area contributed by atoms with Crippen LogP contribution in [0.1, 0.15) is 36.7 Å². The van der Waals surface area contributed by atoms with Crippen LogP contribution < -0.4 is 5.73 Å². The molecule has 6 nitrogen and oxygen atoms in total. The predicted octanol–water partition coefficient (Wildman–Crippen LogP) is 2.16. The van der Waals surface area contributed by atoms with Crippen molar-refractivity contribution in [1.29, 1.82) is 0 Å². The Kier molecular flexibility index (Phi) is 4.91. The van der Waals surface area contributed by atoms with E-state index in [-0.39, 0.29) is 23.8 Å². The van der Waals surface area contributed by atoms with Gasteiger partial charge in [0, 0.05) is 19.0 Å². The molecule has 2 amide bonds. The fraction of sp³-hybridized carbons (Fsp3) is 0.526. The number of carbonyl (C=O) groups is 2. The second-order valence-electron chi connectivity index (χ2n) is 7.21. The van der Waals surface area contributed by atoms with E-state index in [2.05, 4.69) is 11.0 Å². The van der Waals surface area contributed by atoms with Gasteiger partial charge in [0.25, 0.3) is 0 Å². The molecular formula is C19H24N4O2S. The van der Waals surface area contributed by atoms with Gasteiger partial charge in [-0.3, -0.25) is 14.5 Å². The fourth-order valence-electron chi connectivity index (χ4n) is 4.01. The maximum atomic E-state index is 12.7. The van der Waals surface area contributed by atoms with Gasteiger partial charge in [-0.1, -0.05) is 12.1 Å². The zero-order valence-corrected chi connectivity index (χ0v) is 15.6. The molecule has 2 aliphatic heterocycles. The topological polar surface area (TPSA) is 79.5 Å². The highest BCUT2D eigenvalue weighted by molar-refractivity contribution is 7.18. The van der Waals surface area contributed by atoms with Crippen LogP contribution in [0.25, 0.3) is 10.2 Å². The summed E-state index contributed by atoms with van der Waals surface area (Å²) in [5.41, 5.74) is 6.42. The lowest BCUT2D eigenvalue weighted by Gasteiger charge is -2.32. The quantitative estimate of drug-likeness (QED) is 0.892. The van der Waals surface area contributed by atoms with Crippen LogP contribution in [0.4, 0.5) is 0 Å². The first-order valence-corrected chi connectivity index (χ1v) is 10.1. The molecule has 2 N–H and O–H groups in total. The van der Waals surface area contributed by atoms with Gasteiger partial charge >= 0.3 is 0 Å². The number of nitrogens with two attached hydrogens (primary N) is 1. The minimum Gasteiger partial charge on any atom is -0.369 e. The first-order valence-electron chi connectivity index (χ1n) is 9.28.